The van der Waals surface area contributed by atoms with Crippen molar-refractivity contribution >= 4 is 27.2 Å². The number of nitrogens with zero attached hydrogens (tertiary/aromatic N) is 2. The molecule has 2 heterocycles. The zero-order valence-corrected chi connectivity index (χ0v) is 11.4. The van der Waals surface area contributed by atoms with Crippen molar-refractivity contribution in [2.45, 2.75) is 13.0 Å². The van der Waals surface area contributed by atoms with Crippen molar-refractivity contribution in [1.82, 2.24) is 4.98 Å². The van der Waals surface area contributed by atoms with Crippen LogP contribution in [0, 0.1) is 0 Å². The first-order valence-electron chi connectivity index (χ1n) is 5.82. The summed E-state index contributed by atoms with van der Waals surface area (Å²) in [7, 11) is -2.99. The molecule has 7 nitrogen and oxygen atoms in total. The number of nitrogen functional groups attached to an aromatic ring is 1. The Morgan fingerprint density at radius 3 is 2.79 bits per heavy atom. The monoisotopic (exact) mass is 284 g/mol. The van der Waals surface area contributed by atoms with E-state index in [1.165, 1.54) is 12.3 Å². The van der Waals surface area contributed by atoms with E-state index in [0.29, 0.717) is 12.4 Å². The van der Waals surface area contributed by atoms with E-state index in [1.807, 2.05) is 4.90 Å². The average Bonchev–Trinajstić information content (AvgIpc) is 2.29. The molecule has 1 amide bonds. The molecule has 1 aromatic rings. The zero-order valence-electron chi connectivity index (χ0n) is 10.5. The van der Waals surface area contributed by atoms with E-state index in [2.05, 4.69) is 4.98 Å². The summed E-state index contributed by atoms with van der Waals surface area (Å²) in [6, 6.07) is 1.31. The van der Waals surface area contributed by atoms with Crippen LogP contribution < -0.4 is 16.4 Å². The second-order valence-corrected chi connectivity index (χ2v) is 6.88. The summed E-state index contributed by atoms with van der Waals surface area (Å²) >= 11 is 0. The van der Waals surface area contributed by atoms with Crippen molar-refractivity contribution in [3.05, 3.63) is 17.8 Å². The summed E-state index contributed by atoms with van der Waals surface area (Å²) in [5.41, 5.74) is 11.3. The van der Waals surface area contributed by atoms with Crippen LogP contribution in [-0.4, -0.2) is 43.4 Å². The first kappa shape index (κ1) is 13.6. The van der Waals surface area contributed by atoms with Gasteiger partial charge < -0.3 is 16.4 Å². The SMILES string of the molecule is CC1CS(=O)(=O)CCN1c1cc(C(N)=O)c(N)cn1. The molecule has 0 radical (unpaired) electrons. The number of carbonyl (C=O) groups is 1. The van der Waals surface area contributed by atoms with Gasteiger partial charge in [0, 0.05) is 12.6 Å². The third-order valence-electron chi connectivity index (χ3n) is 3.15. The van der Waals surface area contributed by atoms with E-state index < -0.39 is 15.7 Å². The summed E-state index contributed by atoms with van der Waals surface area (Å²) in [6.45, 7) is 2.15. The number of primary amides is 1. The molecule has 0 spiro atoms. The molecule has 0 bridgehead atoms. The number of amides is 1. The van der Waals surface area contributed by atoms with Gasteiger partial charge in [0.1, 0.15) is 5.82 Å². The van der Waals surface area contributed by atoms with Gasteiger partial charge in [0.25, 0.3) is 5.91 Å². The van der Waals surface area contributed by atoms with Crippen LogP contribution in [-0.2, 0) is 9.84 Å². The minimum atomic E-state index is -2.99. The number of rotatable bonds is 2. The smallest absolute Gasteiger partial charge is 0.250 e. The minimum Gasteiger partial charge on any atom is -0.397 e. The summed E-state index contributed by atoms with van der Waals surface area (Å²) in [4.78, 5) is 17.2. The van der Waals surface area contributed by atoms with Gasteiger partial charge in [-0.05, 0) is 13.0 Å². The molecule has 0 aromatic carbocycles. The lowest BCUT2D eigenvalue weighted by molar-refractivity contribution is 0.100. The third kappa shape index (κ3) is 2.78. The second kappa shape index (κ2) is 4.69. The van der Waals surface area contributed by atoms with Crippen LogP contribution in [0.3, 0.4) is 0 Å². The van der Waals surface area contributed by atoms with Gasteiger partial charge in [-0.2, -0.15) is 0 Å². The van der Waals surface area contributed by atoms with E-state index in [-0.39, 0.29) is 28.8 Å². The predicted molar refractivity (Wildman–Crippen MR) is 72.6 cm³/mol. The van der Waals surface area contributed by atoms with Crippen LogP contribution >= 0.6 is 0 Å². The van der Waals surface area contributed by atoms with E-state index in [4.69, 9.17) is 11.5 Å². The fourth-order valence-corrected chi connectivity index (χ4v) is 3.72. The highest BCUT2D eigenvalue weighted by atomic mass is 32.2. The standard InChI is InChI=1S/C11H16N4O3S/c1-7-6-19(17,18)3-2-15(7)10-4-8(11(13)16)9(12)5-14-10/h4-5,7H,2-3,6,12H2,1H3,(H2,13,16). The molecule has 0 saturated carbocycles. The lowest BCUT2D eigenvalue weighted by Crippen LogP contribution is -2.47. The Morgan fingerprint density at radius 1 is 1.53 bits per heavy atom. The number of nitrogens with two attached hydrogens (primary N) is 2. The Balaban J connectivity index is 2.33. The lowest BCUT2D eigenvalue weighted by Gasteiger charge is -2.34. The topological polar surface area (TPSA) is 119 Å². The summed E-state index contributed by atoms with van der Waals surface area (Å²) in [5, 5.41) is 0. The molecular weight excluding hydrogens is 268 g/mol. The first-order chi connectivity index (χ1) is 8.80. The summed E-state index contributed by atoms with van der Waals surface area (Å²) < 4.78 is 23.1. The number of aromatic nitrogens is 1. The number of hydrogen-bond acceptors (Lipinski definition) is 6. The van der Waals surface area contributed by atoms with Crippen LogP contribution in [0.5, 0.6) is 0 Å². The molecule has 19 heavy (non-hydrogen) atoms. The number of hydrogen-bond donors (Lipinski definition) is 2. The Labute approximate surface area is 111 Å². The average molecular weight is 284 g/mol. The van der Waals surface area contributed by atoms with E-state index >= 15 is 0 Å². The molecule has 1 fully saturated rings. The quantitative estimate of drug-likeness (QED) is 0.747. The van der Waals surface area contributed by atoms with Crippen LogP contribution in [0.25, 0.3) is 0 Å². The minimum absolute atomic E-state index is 0.0744. The molecule has 104 valence electrons. The molecule has 2 rings (SSSR count). The molecule has 0 aliphatic carbocycles. The van der Waals surface area contributed by atoms with Gasteiger partial charge in [-0.25, -0.2) is 13.4 Å². The molecule has 8 heteroatoms. The van der Waals surface area contributed by atoms with Crippen molar-refractivity contribution < 1.29 is 13.2 Å². The van der Waals surface area contributed by atoms with E-state index in [0.717, 1.165) is 0 Å². The molecule has 1 unspecified atom stereocenters. The van der Waals surface area contributed by atoms with Gasteiger partial charge in [-0.15, -0.1) is 0 Å². The Hall–Kier alpha value is -1.83. The Bertz CT molecular complexity index is 614. The van der Waals surface area contributed by atoms with Gasteiger partial charge in [-0.3, -0.25) is 4.79 Å². The Morgan fingerprint density at radius 2 is 2.21 bits per heavy atom. The fourth-order valence-electron chi connectivity index (χ4n) is 2.16. The molecular formula is C11H16N4O3S. The molecule has 1 aliphatic heterocycles. The number of anilines is 2. The highest BCUT2D eigenvalue weighted by Gasteiger charge is 2.29. The maximum absolute atomic E-state index is 11.5. The molecule has 4 N–H and O–H groups in total. The van der Waals surface area contributed by atoms with Crippen molar-refractivity contribution in [3.63, 3.8) is 0 Å². The van der Waals surface area contributed by atoms with Crippen molar-refractivity contribution in [3.8, 4) is 0 Å². The highest BCUT2D eigenvalue weighted by molar-refractivity contribution is 7.91. The van der Waals surface area contributed by atoms with Crippen molar-refractivity contribution in [2.75, 3.05) is 28.7 Å². The fraction of sp³-hybridized carbons (Fsp3) is 0.455. The van der Waals surface area contributed by atoms with Gasteiger partial charge in [0.2, 0.25) is 0 Å². The lowest BCUT2D eigenvalue weighted by atomic mass is 10.2. The molecule has 1 aliphatic rings. The third-order valence-corrected chi connectivity index (χ3v) is 4.95. The maximum Gasteiger partial charge on any atom is 0.250 e. The molecule has 1 saturated heterocycles. The van der Waals surface area contributed by atoms with Crippen molar-refractivity contribution in [1.29, 1.82) is 0 Å². The van der Waals surface area contributed by atoms with Gasteiger partial charge in [0.15, 0.2) is 9.84 Å². The number of pyridine rings is 1. The second-order valence-electron chi connectivity index (χ2n) is 4.65. The van der Waals surface area contributed by atoms with E-state index in [9.17, 15) is 13.2 Å². The molecule has 1 aromatic heterocycles. The van der Waals surface area contributed by atoms with Crippen molar-refractivity contribution in [2.24, 2.45) is 5.73 Å². The van der Waals surface area contributed by atoms with E-state index in [1.54, 1.807) is 6.92 Å². The number of sulfone groups is 1. The predicted octanol–water partition coefficient (Wildman–Crippen LogP) is -0.614. The summed E-state index contributed by atoms with van der Waals surface area (Å²) in [6.07, 6.45) is 1.37. The van der Waals surface area contributed by atoms with Gasteiger partial charge in [0.05, 0.1) is 29.0 Å². The Kier molecular flexibility index (Phi) is 3.36. The first-order valence-corrected chi connectivity index (χ1v) is 7.64. The zero-order chi connectivity index (χ0) is 14.2. The van der Waals surface area contributed by atoms with Crippen LogP contribution in [0.1, 0.15) is 17.3 Å². The maximum atomic E-state index is 11.5. The number of carbonyl (C=O) groups excluding carboxylic acids is 1. The summed E-state index contributed by atoms with van der Waals surface area (Å²) in [5.74, 6) is 0.0455. The van der Waals surface area contributed by atoms with Crippen LogP contribution in [0.15, 0.2) is 12.3 Å². The molecule has 1 atom stereocenters. The largest absolute Gasteiger partial charge is 0.397 e. The highest BCUT2D eigenvalue weighted by Crippen LogP contribution is 2.22. The van der Waals surface area contributed by atoms with Gasteiger partial charge in [-0.1, -0.05) is 0 Å². The van der Waals surface area contributed by atoms with Crippen LogP contribution in [0.2, 0.25) is 0 Å². The van der Waals surface area contributed by atoms with Gasteiger partial charge >= 0.3 is 0 Å². The van der Waals surface area contributed by atoms with Crippen LogP contribution in [0.4, 0.5) is 11.5 Å². The normalized spacial score (nSPS) is 22.2.